The zero-order valence-corrected chi connectivity index (χ0v) is 15.4. The molecule has 0 spiro atoms. The van der Waals surface area contributed by atoms with Gasteiger partial charge in [-0.3, -0.25) is 9.20 Å². The molecule has 0 radical (unpaired) electrons. The van der Waals surface area contributed by atoms with Crippen LogP contribution in [0.3, 0.4) is 0 Å². The number of amides is 1. The third-order valence-electron chi connectivity index (χ3n) is 5.89. The van der Waals surface area contributed by atoms with Crippen LogP contribution in [0.15, 0.2) is 42.7 Å². The Morgan fingerprint density at radius 2 is 1.96 bits per heavy atom. The topological polar surface area (TPSA) is 115 Å². The number of imidazole rings is 1. The van der Waals surface area contributed by atoms with Crippen molar-refractivity contribution in [1.82, 2.24) is 19.4 Å². The summed E-state index contributed by atoms with van der Waals surface area (Å²) >= 11 is 0. The predicted molar refractivity (Wildman–Crippen MR) is 109 cm³/mol. The highest BCUT2D eigenvalue weighted by atomic mass is 16.1. The van der Waals surface area contributed by atoms with Gasteiger partial charge in [-0.2, -0.15) is 0 Å². The van der Waals surface area contributed by atoms with E-state index in [2.05, 4.69) is 26.5 Å². The van der Waals surface area contributed by atoms with E-state index in [1.165, 1.54) is 0 Å². The molecule has 1 fully saturated rings. The molecule has 5 rings (SSSR count). The molecule has 1 aliphatic carbocycles. The first kappa shape index (κ1) is 16.8. The predicted octanol–water partition coefficient (Wildman–Crippen LogP) is 3.22. The monoisotopic (exact) mass is 374 g/mol. The van der Waals surface area contributed by atoms with Crippen molar-refractivity contribution in [2.24, 2.45) is 11.7 Å². The molecule has 0 bridgehead atoms. The maximum absolute atomic E-state index is 11.5. The fourth-order valence-electron chi connectivity index (χ4n) is 4.40. The van der Waals surface area contributed by atoms with Gasteiger partial charge in [-0.05, 0) is 37.8 Å². The minimum Gasteiger partial charge on any atom is -0.382 e. The fraction of sp³-hybridized carbons (Fsp3) is 0.286. The van der Waals surface area contributed by atoms with Crippen molar-refractivity contribution in [3.63, 3.8) is 0 Å². The van der Waals surface area contributed by atoms with Gasteiger partial charge in [-0.25, -0.2) is 9.97 Å². The van der Waals surface area contributed by atoms with Crippen LogP contribution < -0.4 is 11.5 Å². The van der Waals surface area contributed by atoms with E-state index < -0.39 is 0 Å². The number of carbonyl (C=O) groups is 1. The largest absolute Gasteiger partial charge is 0.382 e. The Balaban J connectivity index is 1.62. The molecule has 142 valence electrons. The number of nitrogens with two attached hydrogens (primary N) is 2. The molecular weight excluding hydrogens is 352 g/mol. The first-order valence-corrected chi connectivity index (χ1v) is 9.61. The summed E-state index contributed by atoms with van der Waals surface area (Å²) in [6.45, 7) is 0. The average molecular weight is 374 g/mol. The van der Waals surface area contributed by atoms with Gasteiger partial charge in [0, 0.05) is 35.1 Å². The number of para-hydroxylation sites is 1. The van der Waals surface area contributed by atoms with Gasteiger partial charge in [-0.1, -0.05) is 18.2 Å². The molecule has 5 N–H and O–H groups in total. The number of fused-ring (bicyclic) bond motifs is 2. The van der Waals surface area contributed by atoms with Crippen LogP contribution in [-0.4, -0.2) is 25.3 Å². The van der Waals surface area contributed by atoms with Crippen molar-refractivity contribution in [3.05, 3.63) is 48.5 Å². The molecule has 4 aromatic rings. The highest BCUT2D eigenvalue weighted by Gasteiger charge is 2.29. The summed E-state index contributed by atoms with van der Waals surface area (Å²) in [5.41, 5.74) is 15.4. The lowest BCUT2D eigenvalue weighted by Gasteiger charge is -2.25. The fourth-order valence-corrected chi connectivity index (χ4v) is 4.40. The summed E-state index contributed by atoms with van der Waals surface area (Å²) in [4.78, 5) is 24.2. The van der Waals surface area contributed by atoms with E-state index in [1.807, 2.05) is 24.4 Å². The van der Waals surface area contributed by atoms with Gasteiger partial charge in [0.1, 0.15) is 22.9 Å². The third kappa shape index (κ3) is 2.62. The number of hydrogen-bond donors (Lipinski definition) is 3. The number of nitrogens with one attached hydrogen (secondary N) is 1. The number of H-pyrrole nitrogens is 1. The SMILES string of the molecule is NC(=O)C1CCC(c2nc(-c3cc4ccccc4[nH]3)c3c(N)nccn23)CC1. The average Bonchev–Trinajstić information content (AvgIpc) is 3.30. The van der Waals surface area contributed by atoms with E-state index in [9.17, 15) is 4.79 Å². The summed E-state index contributed by atoms with van der Waals surface area (Å²) in [5, 5.41) is 1.13. The van der Waals surface area contributed by atoms with E-state index in [4.69, 9.17) is 16.5 Å². The lowest BCUT2D eigenvalue weighted by atomic mass is 9.81. The van der Waals surface area contributed by atoms with Crippen molar-refractivity contribution in [3.8, 4) is 11.4 Å². The minimum atomic E-state index is -0.196. The van der Waals surface area contributed by atoms with Crippen LogP contribution in [0.2, 0.25) is 0 Å². The van der Waals surface area contributed by atoms with Crippen molar-refractivity contribution >= 4 is 28.1 Å². The molecule has 1 aliphatic rings. The lowest BCUT2D eigenvalue weighted by molar-refractivity contribution is -0.122. The van der Waals surface area contributed by atoms with Gasteiger partial charge in [0.2, 0.25) is 5.91 Å². The molecule has 7 heteroatoms. The van der Waals surface area contributed by atoms with Crippen LogP contribution in [0, 0.1) is 5.92 Å². The van der Waals surface area contributed by atoms with E-state index in [-0.39, 0.29) is 17.7 Å². The number of hydrogen-bond acceptors (Lipinski definition) is 4. The van der Waals surface area contributed by atoms with Gasteiger partial charge in [0.05, 0.1) is 5.69 Å². The van der Waals surface area contributed by atoms with Crippen LogP contribution in [0.4, 0.5) is 5.82 Å². The summed E-state index contributed by atoms with van der Waals surface area (Å²) < 4.78 is 2.05. The normalized spacial score (nSPS) is 20.0. The Bertz CT molecular complexity index is 1150. The van der Waals surface area contributed by atoms with Gasteiger partial charge in [0.25, 0.3) is 0 Å². The maximum Gasteiger partial charge on any atom is 0.220 e. The number of carbonyl (C=O) groups excluding carboxylic acids is 1. The zero-order valence-electron chi connectivity index (χ0n) is 15.4. The standard InChI is InChI=1S/C21H22N6O/c22-19-18-17(16-11-14-3-1-2-4-15(14)25-16)26-21(27(18)10-9-24-19)13-7-5-12(6-8-13)20(23)28/h1-4,9-13,25H,5-8H2,(H2,22,24)(H2,23,28). The number of nitrogens with zero attached hydrogens (tertiary/aromatic N) is 3. The number of primary amides is 1. The zero-order chi connectivity index (χ0) is 19.3. The number of rotatable bonds is 3. The second-order valence-corrected chi connectivity index (χ2v) is 7.57. The smallest absolute Gasteiger partial charge is 0.220 e. The van der Waals surface area contributed by atoms with E-state index in [0.717, 1.165) is 59.3 Å². The van der Waals surface area contributed by atoms with Crippen molar-refractivity contribution in [2.45, 2.75) is 31.6 Å². The van der Waals surface area contributed by atoms with Gasteiger partial charge in [-0.15, -0.1) is 0 Å². The molecule has 0 aliphatic heterocycles. The van der Waals surface area contributed by atoms with Gasteiger partial charge < -0.3 is 16.5 Å². The molecule has 0 saturated heterocycles. The Kier molecular flexibility index (Phi) is 3.82. The van der Waals surface area contributed by atoms with Crippen molar-refractivity contribution in [1.29, 1.82) is 0 Å². The Morgan fingerprint density at radius 3 is 2.71 bits per heavy atom. The Hall–Kier alpha value is -3.35. The first-order chi connectivity index (χ1) is 13.6. The van der Waals surface area contributed by atoms with E-state index in [0.29, 0.717) is 5.82 Å². The second kappa shape index (κ2) is 6.37. The quantitative estimate of drug-likeness (QED) is 0.510. The van der Waals surface area contributed by atoms with Crippen LogP contribution in [0.1, 0.15) is 37.4 Å². The molecule has 0 atom stereocenters. The number of benzene rings is 1. The van der Waals surface area contributed by atoms with Crippen LogP contribution in [0.5, 0.6) is 0 Å². The minimum absolute atomic E-state index is 0.0256. The number of anilines is 1. The van der Waals surface area contributed by atoms with E-state index in [1.54, 1.807) is 6.20 Å². The molecular formula is C21H22N6O. The summed E-state index contributed by atoms with van der Waals surface area (Å²) in [6.07, 6.45) is 7.01. The third-order valence-corrected chi connectivity index (χ3v) is 5.89. The van der Waals surface area contributed by atoms with Gasteiger partial charge >= 0.3 is 0 Å². The van der Waals surface area contributed by atoms with Crippen molar-refractivity contribution in [2.75, 3.05) is 5.73 Å². The highest BCUT2D eigenvalue weighted by Crippen LogP contribution is 2.38. The summed E-state index contributed by atoms with van der Waals surface area (Å²) in [7, 11) is 0. The van der Waals surface area contributed by atoms with Gasteiger partial charge in [0.15, 0.2) is 0 Å². The summed E-state index contributed by atoms with van der Waals surface area (Å²) in [6, 6.07) is 10.2. The molecule has 1 amide bonds. The van der Waals surface area contributed by atoms with Crippen molar-refractivity contribution < 1.29 is 4.79 Å². The molecule has 28 heavy (non-hydrogen) atoms. The van der Waals surface area contributed by atoms with Crippen LogP contribution in [-0.2, 0) is 4.79 Å². The highest BCUT2D eigenvalue weighted by molar-refractivity contribution is 5.91. The molecule has 3 heterocycles. The number of aromatic nitrogens is 4. The molecule has 3 aromatic heterocycles. The van der Waals surface area contributed by atoms with Crippen LogP contribution >= 0.6 is 0 Å². The lowest BCUT2D eigenvalue weighted by Crippen LogP contribution is -2.27. The maximum atomic E-state index is 11.5. The van der Waals surface area contributed by atoms with E-state index >= 15 is 0 Å². The molecule has 1 saturated carbocycles. The Labute approximate surface area is 161 Å². The molecule has 0 unspecified atom stereocenters. The summed E-state index contributed by atoms with van der Waals surface area (Å²) in [5.74, 6) is 1.48. The Morgan fingerprint density at radius 1 is 1.18 bits per heavy atom. The molecule has 7 nitrogen and oxygen atoms in total. The number of nitrogen functional groups attached to an aromatic ring is 1. The number of aromatic amines is 1. The van der Waals surface area contributed by atoms with Crippen LogP contribution in [0.25, 0.3) is 27.8 Å². The molecule has 1 aromatic carbocycles. The second-order valence-electron chi connectivity index (χ2n) is 7.57. The first-order valence-electron chi connectivity index (χ1n) is 9.61.